The Morgan fingerprint density at radius 3 is 2.71 bits per heavy atom. The van der Waals surface area contributed by atoms with Gasteiger partial charge >= 0.3 is 0 Å². The maximum absolute atomic E-state index is 11.7. The van der Waals surface area contributed by atoms with Gasteiger partial charge in [0.15, 0.2) is 0 Å². The largest absolute Gasteiger partial charge is 0.354 e. The Kier molecular flexibility index (Phi) is 5.09. The van der Waals surface area contributed by atoms with Crippen molar-refractivity contribution < 1.29 is 9.32 Å². The van der Waals surface area contributed by atoms with Crippen molar-refractivity contribution in [1.82, 2.24) is 15.5 Å². The maximum atomic E-state index is 11.7. The molecule has 0 spiro atoms. The fourth-order valence-corrected chi connectivity index (χ4v) is 1.85. The molecule has 1 amide bonds. The molecule has 1 aromatic heterocycles. The number of nitrogens with zero attached hydrogens (tertiary/aromatic N) is 2. The lowest BCUT2D eigenvalue weighted by molar-refractivity contribution is -0.121. The summed E-state index contributed by atoms with van der Waals surface area (Å²) in [5.74, 6) is 1.07. The van der Waals surface area contributed by atoms with E-state index < -0.39 is 0 Å². The fraction of sp³-hybridized carbons (Fsp3) is 0.438. The van der Waals surface area contributed by atoms with Gasteiger partial charge < -0.3 is 9.84 Å². The van der Waals surface area contributed by atoms with E-state index in [0.717, 1.165) is 12.0 Å². The molecule has 1 heterocycles. The van der Waals surface area contributed by atoms with Crippen molar-refractivity contribution in [3.8, 4) is 11.4 Å². The number of aryl methyl sites for hydroxylation is 2. The SMILES string of the molecule is CCC(C)NC(=O)CCc1nc(-c2ccc(C)cc2)no1. The number of hydrogen-bond acceptors (Lipinski definition) is 4. The van der Waals surface area contributed by atoms with Crippen molar-refractivity contribution >= 4 is 5.91 Å². The van der Waals surface area contributed by atoms with Crippen LogP contribution in [0.25, 0.3) is 11.4 Å². The van der Waals surface area contributed by atoms with Crippen molar-refractivity contribution in [3.05, 3.63) is 35.7 Å². The Balaban J connectivity index is 1.91. The van der Waals surface area contributed by atoms with Crippen LogP contribution in [0.3, 0.4) is 0 Å². The summed E-state index contributed by atoms with van der Waals surface area (Å²) in [5, 5.41) is 6.87. The first kappa shape index (κ1) is 15.2. The Morgan fingerprint density at radius 1 is 1.33 bits per heavy atom. The molecule has 2 rings (SSSR count). The Hall–Kier alpha value is -2.17. The van der Waals surface area contributed by atoms with Gasteiger partial charge in [-0.2, -0.15) is 4.98 Å². The fourth-order valence-electron chi connectivity index (χ4n) is 1.85. The summed E-state index contributed by atoms with van der Waals surface area (Å²) in [7, 11) is 0. The van der Waals surface area contributed by atoms with Crippen LogP contribution < -0.4 is 5.32 Å². The van der Waals surface area contributed by atoms with E-state index in [4.69, 9.17) is 4.52 Å². The summed E-state index contributed by atoms with van der Waals surface area (Å²) < 4.78 is 5.19. The molecular weight excluding hydrogens is 266 g/mol. The van der Waals surface area contributed by atoms with E-state index in [2.05, 4.69) is 15.5 Å². The van der Waals surface area contributed by atoms with Crippen molar-refractivity contribution in [1.29, 1.82) is 0 Å². The first-order valence-electron chi connectivity index (χ1n) is 7.27. The molecule has 1 atom stereocenters. The van der Waals surface area contributed by atoms with E-state index in [1.165, 1.54) is 5.56 Å². The second-order valence-electron chi connectivity index (χ2n) is 5.25. The third-order valence-corrected chi connectivity index (χ3v) is 3.36. The van der Waals surface area contributed by atoms with E-state index in [0.29, 0.717) is 24.6 Å². The van der Waals surface area contributed by atoms with Gasteiger partial charge in [-0.1, -0.05) is 41.9 Å². The summed E-state index contributed by atoms with van der Waals surface area (Å²) in [6.45, 7) is 6.05. The number of carbonyl (C=O) groups is 1. The monoisotopic (exact) mass is 287 g/mol. The van der Waals surface area contributed by atoms with Crippen LogP contribution in [-0.2, 0) is 11.2 Å². The molecule has 0 aliphatic carbocycles. The number of nitrogens with one attached hydrogen (secondary N) is 1. The number of hydrogen-bond donors (Lipinski definition) is 1. The zero-order valence-corrected chi connectivity index (χ0v) is 12.7. The zero-order valence-electron chi connectivity index (χ0n) is 12.7. The molecule has 1 N–H and O–H groups in total. The van der Waals surface area contributed by atoms with E-state index in [1.807, 2.05) is 45.0 Å². The number of rotatable bonds is 6. The molecule has 112 valence electrons. The first-order valence-corrected chi connectivity index (χ1v) is 7.27. The van der Waals surface area contributed by atoms with Crippen LogP contribution in [0.15, 0.2) is 28.8 Å². The third-order valence-electron chi connectivity index (χ3n) is 3.36. The highest BCUT2D eigenvalue weighted by Crippen LogP contribution is 2.16. The molecule has 0 saturated heterocycles. The van der Waals surface area contributed by atoms with Gasteiger partial charge in [0.2, 0.25) is 17.6 Å². The zero-order chi connectivity index (χ0) is 15.2. The minimum atomic E-state index is 0.0134. The summed E-state index contributed by atoms with van der Waals surface area (Å²) in [6.07, 6.45) is 1.74. The molecule has 0 fully saturated rings. The van der Waals surface area contributed by atoms with Crippen molar-refractivity contribution in [3.63, 3.8) is 0 Å². The summed E-state index contributed by atoms with van der Waals surface area (Å²) >= 11 is 0. The van der Waals surface area contributed by atoms with Crippen LogP contribution in [0.4, 0.5) is 0 Å². The number of benzene rings is 1. The number of amides is 1. The number of carbonyl (C=O) groups excluding carboxylic acids is 1. The minimum absolute atomic E-state index is 0.0134. The first-order chi connectivity index (χ1) is 10.1. The molecule has 5 nitrogen and oxygen atoms in total. The molecule has 0 bridgehead atoms. The highest BCUT2D eigenvalue weighted by molar-refractivity contribution is 5.76. The smallest absolute Gasteiger partial charge is 0.227 e. The lowest BCUT2D eigenvalue weighted by atomic mass is 10.1. The van der Waals surface area contributed by atoms with Crippen LogP contribution in [0.5, 0.6) is 0 Å². The van der Waals surface area contributed by atoms with Crippen LogP contribution in [-0.4, -0.2) is 22.1 Å². The van der Waals surface area contributed by atoms with Gasteiger partial charge in [0, 0.05) is 24.4 Å². The van der Waals surface area contributed by atoms with Gasteiger partial charge in [0.25, 0.3) is 0 Å². The van der Waals surface area contributed by atoms with Crippen molar-refractivity contribution in [2.45, 2.75) is 46.1 Å². The van der Waals surface area contributed by atoms with E-state index in [9.17, 15) is 4.79 Å². The molecule has 0 saturated carbocycles. The summed E-state index contributed by atoms with van der Waals surface area (Å²) in [6, 6.07) is 8.12. The highest BCUT2D eigenvalue weighted by atomic mass is 16.5. The molecular formula is C16H21N3O2. The topological polar surface area (TPSA) is 68.0 Å². The summed E-state index contributed by atoms with van der Waals surface area (Å²) in [5.41, 5.74) is 2.10. The maximum Gasteiger partial charge on any atom is 0.227 e. The molecule has 0 radical (unpaired) electrons. The summed E-state index contributed by atoms with van der Waals surface area (Å²) in [4.78, 5) is 16.0. The molecule has 2 aromatic rings. The van der Waals surface area contributed by atoms with Crippen LogP contribution in [0.1, 0.15) is 38.1 Å². The Bertz CT molecular complexity index is 590. The second-order valence-corrected chi connectivity index (χ2v) is 5.25. The molecule has 0 aliphatic rings. The van der Waals surface area contributed by atoms with Crippen LogP contribution >= 0.6 is 0 Å². The van der Waals surface area contributed by atoms with Gasteiger partial charge in [-0.15, -0.1) is 0 Å². The second kappa shape index (κ2) is 7.02. The van der Waals surface area contributed by atoms with Crippen molar-refractivity contribution in [2.24, 2.45) is 0 Å². The predicted octanol–water partition coefficient (Wildman–Crippen LogP) is 2.89. The van der Waals surface area contributed by atoms with Gasteiger partial charge in [0.05, 0.1) is 0 Å². The minimum Gasteiger partial charge on any atom is -0.354 e. The third kappa shape index (κ3) is 4.41. The molecule has 21 heavy (non-hydrogen) atoms. The van der Waals surface area contributed by atoms with Crippen LogP contribution in [0, 0.1) is 6.92 Å². The van der Waals surface area contributed by atoms with Crippen molar-refractivity contribution in [2.75, 3.05) is 0 Å². The standard InChI is InChI=1S/C16H21N3O2/c1-4-12(3)17-14(20)9-10-15-18-16(19-21-15)13-7-5-11(2)6-8-13/h5-8,12H,4,9-10H2,1-3H3,(H,17,20). The average molecular weight is 287 g/mol. The molecule has 1 aromatic carbocycles. The van der Waals surface area contributed by atoms with Gasteiger partial charge in [-0.25, -0.2) is 0 Å². The molecule has 1 unspecified atom stereocenters. The predicted molar refractivity (Wildman–Crippen MR) is 80.7 cm³/mol. The number of aromatic nitrogens is 2. The average Bonchev–Trinajstić information content (AvgIpc) is 2.94. The lowest BCUT2D eigenvalue weighted by Crippen LogP contribution is -2.32. The molecule has 5 heteroatoms. The van der Waals surface area contributed by atoms with Gasteiger partial charge in [0.1, 0.15) is 0 Å². The Morgan fingerprint density at radius 2 is 2.05 bits per heavy atom. The van der Waals surface area contributed by atoms with Gasteiger partial charge in [-0.3, -0.25) is 4.79 Å². The van der Waals surface area contributed by atoms with E-state index in [-0.39, 0.29) is 11.9 Å². The van der Waals surface area contributed by atoms with E-state index >= 15 is 0 Å². The highest BCUT2D eigenvalue weighted by Gasteiger charge is 2.11. The Labute approximate surface area is 124 Å². The molecule has 0 aliphatic heterocycles. The van der Waals surface area contributed by atoms with E-state index in [1.54, 1.807) is 0 Å². The van der Waals surface area contributed by atoms with Gasteiger partial charge in [-0.05, 0) is 20.3 Å². The normalized spacial score (nSPS) is 12.1. The quantitative estimate of drug-likeness (QED) is 0.887. The van der Waals surface area contributed by atoms with Crippen LogP contribution in [0.2, 0.25) is 0 Å². The lowest BCUT2D eigenvalue weighted by Gasteiger charge is -2.10.